The summed E-state index contributed by atoms with van der Waals surface area (Å²) in [4.78, 5) is 3.20. The Hall–Kier alpha value is -1.51. The molecule has 0 unspecified atom stereocenters. The van der Waals surface area contributed by atoms with Crippen molar-refractivity contribution in [1.29, 1.82) is 0 Å². The zero-order valence-corrected chi connectivity index (χ0v) is 8.23. The molecule has 2 nitrogen and oxygen atoms in total. The van der Waals surface area contributed by atoms with Crippen LogP contribution in [0.3, 0.4) is 0 Å². The lowest BCUT2D eigenvalue weighted by Crippen LogP contribution is -1.87. The topological polar surface area (TPSA) is 25.0 Å². The van der Waals surface area contributed by atoms with Gasteiger partial charge in [0.1, 0.15) is 0 Å². The van der Waals surface area contributed by atoms with Crippen LogP contribution in [-0.2, 0) is 6.42 Å². The van der Waals surface area contributed by atoms with Crippen LogP contribution in [0.1, 0.15) is 12.6 Å². The summed E-state index contributed by atoms with van der Waals surface area (Å²) < 4.78 is 18.2. The molecule has 14 heavy (non-hydrogen) atoms. The van der Waals surface area contributed by atoms with Gasteiger partial charge in [0.05, 0.1) is 7.11 Å². The summed E-state index contributed by atoms with van der Waals surface area (Å²) in [6.45, 7) is 2.05. The fraction of sp³-hybridized carbons (Fsp3) is 0.273. The lowest BCUT2D eigenvalue weighted by atomic mass is 10.2. The first kappa shape index (κ1) is 9.06. The van der Waals surface area contributed by atoms with E-state index in [0.29, 0.717) is 0 Å². The maximum Gasteiger partial charge on any atom is 0.165 e. The second-order valence-corrected chi connectivity index (χ2v) is 3.22. The van der Waals surface area contributed by atoms with Crippen LogP contribution in [0.4, 0.5) is 4.39 Å². The Morgan fingerprint density at radius 1 is 1.36 bits per heavy atom. The number of aromatic amines is 1. The number of H-pyrrole nitrogens is 1. The molecule has 2 rings (SSSR count). The molecule has 2 aromatic rings. The van der Waals surface area contributed by atoms with Crippen LogP contribution in [0, 0.1) is 5.82 Å². The van der Waals surface area contributed by atoms with E-state index in [0.717, 1.165) is 23.0 Å². The molecule has 0 saturated carbocycles. The van der Waals surface area contributed by atoms with Gasteiger partial charge in [0.2, 0.25) is 0 Å². The van der Waals surface area contributed by atoms with Gasteiger partial charge in [-0.15, -0.1) is 0 Å². The zero-order chi connectivity index (χ0) is 10.1. The molecule has 1 heterocycles. The van der Waals surface area contributed by atoms with Gasteiger partial charge < -0.3 is 9.72 Å². The smallest absolute Gasteiger partial charge is 0.165 e. The van der Waals surface area contributed by atoms with Crippen molar-refractivity contribution in [2.45, 2.75) is 13.3 Å². The number of hydrogen-bond donors (Lipinski definition) is 1. The Kier molecular flexibility index (Phi) is 2.15. The fourth-order valence-electron chi connectivity index (χ4n) is 1.54. The molecule has 0 aliphatic heterocycles. The molecule has 0 radical (unpaired) electrons. The van der Waals surface area contributed by atoms with Gasteiger partial charge in [-0.1, -0.05) is 6.92 Å². The maximum atomic E-state index is 13.3. The predicted molar refractivity (Wildman–Crippen MR) is 54.2 cm³/mol. The minimum atomic E-state index is -0.318. The Morgan fingerprint density at radius 2 is 2.14 bits per heavy atom. The van der Waals surface area contributed by atoms with E-state index in [9.17, 15) is 4.39 Å². The first-order valence-corrected chi connectivity index (χ1v) is 4.59. The third kappa shape index (κ3) is 1.35. The van der Waals surface area contributed by atoms with Crippen molar-refractivity contribution in [3.63, 3.8) is 0 Å². The second kappa shape index (κ2) is 3.33. The summed E-state index contributed by atoms with van der Waals surface area (Å²) >= 11 is 0. The summed E-state index contributed by atoms with van der Waals surface area (Å²) in [5.41, 5.74) is 2.02. The van der Waals surface area contributed by atoms with E-state index >= 15 is 0 Å². The van der Waals surface area contributed by atoms with Crippen molar-refractivity contribution < 1.29 is 9.13 Å². The van der Waals surface area contributed by atoms with Gasteiger partial charge in [-0.05, 0) is 18.6 Å². The molecule has 0 atom stereocenters. The molecule has 0 aliphatic carbocycles. The Morgan fingerprint density at radius 3 is 2.79 bits per heavy atom. The highest BCUT2D eigenvalue weighted by Crippen LogP contribution is 2.24. The van der Waals surface area contributed by atoms with Gasteiger partial charge >= 0.3 is 0 Å². The van der Waals surface area contributed by atoms with Crippen molar-refractivity contribution in [1.82, 2.24) is 4.98 Å². The van der Waals surface area contributed by atoms with Crippen molar-refractivity contribution in [2.75, 3.05) is 7.11 Å². The molecule has 0 amide bonds. The van der Waals surface area contributed by atoms with E-state index in [4.69, 9.17) is 4.74 Å². The first-order valence-electron chi connectivity index (χ1n) is 4.59. The van der Waals surface area contributed by atoms with Crippen LogP contribution in [0.15, 0.2) is 18.2 Å². The van der Waals surface area contributed by atoms with Crippen LogP contribution in [0.5, 0.6) is 5.75 Å². The van der Waals surface area contributed by atoms with Crippen LogP contribution >= 0.6 is 0 Å². The Bertz CT molecular complexity index is 462. The van der Waals surface area contributed by atoms with Gasteiger partial charge in [0.15, 0.2) is 11.6 Å². The number of nitrogens with one attached hydrogen (secondary N) is 1. The van der Waals surface area contributed by atoms with E-state index in [2.05, 4.69) is 11.9 Å². The molecule has 0 spiro atoms. The molecular formula is C11H12FNO. The quantitative estimate of drug-likeness (QED) is 0.779. The third-order valence-electron chi connectivity index (χ3n) is 2.33. The average Bonchev–Trinajstić information content (AvgIpc) is 2.58. The highest BCUT2D eigenvalue weighted by Gasteiger charge is 2.06. The van der Waals surface area contributed by atoms with Gasteiger partial charge in [-0.3, -0.25) is 0 Å². The van der Waals surface area contributed by atoms with Crippen LogP contribution in [0.2, 0.25) is 0 Å². The van der Waals surface area contributed by atoms with Crippen LogP contribution < -0.4 is 4.74 Å². The number of halogens is 1. The molecule has 0 aliphatic rings. The summed E-state index contributed by atoms with van der Waals surface area (Å²) in [7, 11) is 1.47. The molecule has 74 valence electrons. The second-order valence-electron chi connectivity index (χ2n) is 3.22. The summed E-state index contributed by atoms with van der Waals surface area (Å²) in [5, 5.41) is 0.889. The van der Waals surface area contributed by atoms with E-state index in [-0.39, 0.29) is 11.6 Å². The van der Waals surface area contributed by atoms with Crippen LogP contribution in [-0.4, -0.2) is 12.1 Å². The molecule has 0 saturated heterocycles. The van der Waals surface area contributed by atoms with Gasteiger partial charge in [-0.2, -0.15) is 0 Å². The van der Waals surface area contributed by atoms with Gasteiger partial charge in [0, 0.05) is 22.7 Å². The van der Waals surface area contributed by atoms with Gasteiger partial charge in [0.25, 0.3) is 0 Å². The minimum absolute atomic E-state index is 0.280. The Labute approximate surface area is 81.7 Å². The molecule has 1 aromatic heterocycles. The van der Waals surface area contributed by atoms with E-state index in [1.807, 2.05) is 6.07 Å². The molecular weight excluding hydrogens is 181 g/mol. The summed E-state index contributed by atoms with van der Waals surface area (Å²) in [6, 6.07) is 5.13. The standard InChI is InChI=1S/C11H12FNO/c1-3-8-4-7-5-9(12)11(14-2)6-10(7)13-8/h4-6,13H,3H2,1-2H3. The number of aryl methyl sites for hydroxylation is 1. The predicted octanol–water partition coefficient (Wildman–Crippen LogP) is 2.88. The number of fused-ring (bicyclic) bond motifs is 1. The lowest BCUT2D eigenvalue weighted by molar-refractivity contribution is 0.387. The number of methoxy groups -OCH3 is 1. The molecule has 1 N–H and O–H groups in total. The third-order valence-corrected chi connectivity index (χ3v) is 2.33. The first-order chi connectivity index (χ1) is 6.74. The number of benzene rings is 1. The van der Waals surface area contributed by atoms with E-state index in [1.165, 1.54) is 13.2 Å². The number of ether oxygens (including phenoxy) is 1. The van der Waals surface area contributed by atoms with Crippen molar-refractivity contribution >= 4 is 10.9 Å². The number of rotatable bonds is 2. The van der Waals surface area contributed by atoms with E-state index in [1.54, 1.807) is 6.07 Å². The summed E-state index contributed by atoms with van der Waals surface area (Å²) in [5.74, 6) is -0.0383. The normalized spacial score (nSPS) is 10.8. The maximum absolute atomic E-state index is 13.3. The summed E-state index contributed by atoms with van der Waals surface area (Å²) in [6.07, 6.45) is 0.915. The number of aromatic nitrogens is 1. The highest BCUT2D eigenvalue weighted by atomic mass is 19.1. The van der Waals surface area contributed by atoms with Crippen molar-refractivity contribution in [3.8, 4) is 5.75 Å². The lowest BCUT2D eigenvalue weighted by Gasteiger charge is -2.00. The molecule has 0 fully saturated rings. The zero-order valence-electron chi connectivity index (χ0n) is 8.23. The van der Waals surface area contributed by atoms with Crippen LogP contribution in [0.25, 0.3) is 10.9 Å². The number of hydrogen-bond acceptors (Lipinski definition) is 1. The van der Waals surface area contributed by atoms with Gasteiger partial charge in [-0.25, -0.2) is 4.39 Å². The van der Waals surface area contributed by atoms with E-state index < -0.39 is 0 Å². The SMILES string of the molecule is CCc1cc2cc(F)c(OC)cc2[nH]1. The van der Waals surface area contributed by atoms with Crippen molar-refractivity contribution in [3.05, 3.63) is 29.7 Å². The molecule has 0 bridgehead atoms. The largest absolute Gasteiger partial charge is 0.494 e. The fourth-order valence-corrected chi connectivity index (χ4v) is 1.54. The monoisotopic (exact) mass is 193 g/mol. The minimum Gasteiger partial charge on any atom is -0.494 e. The Balaban J connectivity index is 2.64. The highest BCUT2D eigenvalue weighted by molar-refractivity contribution is 5.82. The van der Waals surface area contributed by atoms with Crippen molar-refractivity contribution in [2.24, 2.45) is 0 Å². The molecule has 1 aromatic carbocycles. The average molecular weight is 193 g/mol. The molecule has 3 heteroatoms.